The van der Waals surface area contributed by atoms with Crippen molar-refractivity contribution in [3.05, 3.63) is 52.8 Å². The van der Waals surface area contributed by atoms with Crippen LogP contribution in [0.2, 0.25) is 5.15 Å². The van der Waals surface area contributed by atoms with E-state index in [1.165, 1.54) is 23.7 Å². The molecule has 0 aromatic carbocycles. The summed E-state index contributed by atoms with van der Waals surface area (Å²) in [5.41, 5.74) is 3.80. The number of anilines is 1. The van der Waals surface area contributed by atoms with Crippen LogP contribution in [0.3, 0.4) is 0 Å². The maximum atomic E-state index is 13.3. The van der Waals surface area contributed by atoms with Crippen LogP contribution in [0.15, 0.2) is 30.7 Å². The second kappa shape index (κ2) is 9.80. The van der Waals surface area contributed by atoms with E-state index in [4.69, 9.17) is 26.1 Å². The molecule has 4 aromatic heterocycles. The van der Waals surface area contributed by atoms with Crippen LogP contribution in [0.5, 0.6) is 5.75 Å². The number of methoxy groups -OCH3 is 1. The summed E-state index contributed by atoms with van der Waals surface area (Å²) in [6.45, 7) is 4.64. The van der Waals surface area contributed by atoms with E-state index in [0.29, 0.717) is 49.1 Å². The second-order valence-corrected chi connectivity index (χ2v) is 9.74. The summed E-state index contributed by atoms with van der Waals surface area (Å²) in [6.07, 6.45) is 6.86. The van der Waals surface area contributed by atoms with E-state index in [1.807, 2.05) is 13.0 Å². The first-order valence-corrected chi connectivity index (χ1v) is 12.3. The minimum atomic E-state index is -0.361. The average Bonchev–Trinajstić information content (AvgIpc) is 3.25. The third-order valence-electron chi connectivity index (χ3n) is 5.90. The third kappa shape index (κ3) is 4.95. The lowest BCUT2D eigenvalue weighted by Crippen LogP contribution is -2.22. The van der Waals surface area contributed by atoms with Crippen LogP contribution in [0.25, 0.3) is 21.6 Å². The zero-order chi connectivity index (χ0) is 24.5. The summed E-state index contributed by atoms with van der Waals surface area (Å²) < 4.78 is 11.1. The molecule has 0 aliphatic carbocycles. The third-order valence-corrected chi connectivity index (χ3v) is 6.96. The number of carbonyl (C=O) groups is 1. The molecule has 0 spiro atoms. The highest BCUT2D eigenvalue weighted by Gasteiger charge is 2.24. The van der Waals surface area contributed by atoms with Gasteiger partial charge in [0, 0.05) is 35.5 Å². The summed E-state index contributed by atoms with van der Waals surface area (Å²) in [6, 6.07) is 3.47. The number of aryl methyl sites for hydroxylation is 1. The number of thiazole rings is 1. The van der Waals surface area contributed by atoms with Crippen molar-refractivity contribution < 1.29 is 14.3 Å². The summed E-state index contributed by atoms with van der Waals surface area (Å²) >= 11 is 7.43. The van der Waals surface area contributed by atoms with E-state index in [-0.39, 0.29) is 12.0 Å². The lowest BCUT2D eigenvalue weighted by molar-refractivity contribution is 0.0180. The van der Waals surface area contributed by atoms with Crippen molar-refractivity contribution >= 4 is 44.5 Å². The molecule has 1 N–H and O–H groups in total. The normalized spacial score (nSPS) is 17.9. The number of aromatic nitrogens is 5. The molecule has 1 aliphatic heterocycles. The largest absolute Gasteiger partial charge is 0.494 e. The Morgan fingerprint density at radius 1 is 1.17 bits per heavy atom. The van der Waals surface area contributed by atoms with E-state index in [0.717, 1.165) is 30.8 Å². The van der Waals surface area contributed by atoms with Gasteiger partial charge in [0.1, 0.15) is 10.9 Å². The zero-order valence-corrected chi connectivity index (χ0v) is 21.0. The molecule has 11 heteroatoms. The number of fused-ring (bicyclic) bond motifs is 1. The maximum Gasteiger partial charge on any atom is 0.259 e. The van der Waals surface area contributed by atoms with Gasteiger partial charge in [-0.15, -0.1) is 0 Å². The number of nitrogens with one attached hydrogen (secondary N) is 1. The van der Waals surface area contributed by atoms with Crippen molar-refractivity contribution in [2.75, 3.05) is 19.0 Å². The Bertz CT molecular complexity index is 1410. The quantitative estimate of drug-likeness (QED) is 0.371. The smallest absolute Gasteiger partial charge is 0.259 e. The van der Waals surface area contributed by atoms with Gasteiger partial charge in [0.05, 0.1) is 36.9 Å². The van der Waals surface area contributed by atoms with Gasteiger partial charge in [-0.1, -0.05) is 22.9 Å². The number of carbonyl (C=O) groups excluding carboxylic acids is 1. The number of rotatable bonds is 5. The Kier molecular flexibility index (Phi) is 6.59. The average molecular weight is 511 g/mol. The Hall–Kier alpha value is -3.21. The van der Waals surface area contributed by atoms with Gasteiger partial charge in [0.2, 0.25) is 0 Å². The zero-order valence-electron chi connectivity index (χ0n) is 19.4. The van der Waals surface area contributed by atoms with Gasteiger partial charge < -0.3 is 9.47 Å². The molecule has 5 rings (SSSR count). The number of nitrogens with zero attached hydrogens (tertiary/aromatic N) is 5. The molecule has 1 aliphatic rings. The number of halogens is 1. The number of amides is 1. The van der Waals surface area contributed by atoms with E-state index in [9.17, 15) is 4.79 Å². The van der Waals surface area contributed by atoms with Gasteiger partial charge in [0.25, 0.3) is 5.91 Å². The molecule has 35 heavy (non-hydrogen) atoms. The molecular weight excluding hydrogens is 488 g/mol. The fourth-order valence-corrected chi connectivity index (χ4v) is 5.13. The molecule has 0 saturated carbocycles. The van der Waals surface area contributed by atoms with Crippen LogP contribution in [0, 0.1) is 6.92 Å². The standard InChI is InChI=1S/C24H23ClN6O3S/c1-12-6-15(16-8-20(25)27-11-19(16)33-3)17(9-26-12)22(32)31-24-30-21-23(35-24)29-18(10-28-21)14-4-5-34-13(2)7-14/h6,8-11,13-14H,4-5,7H2,1-3H3,(H,28,30,31,32)/t13-,14?/m1/s1. The Labute approximate surface area is 210 Å². The molecule has 5 heterocycles. The first kappa shape index (κ1) is 23.5. The van der Waals surface area contributed by atoms with Crippen LogP contribution in [-0.4, -0.2) is 50.6 Å². The molecule has 9 nitrogen and oxygen atoms in total. The van der Waals surface area contributed by atoms with Gasteiger partial charge in [-0.25, -0.2) is 15.0 Å². The van der Waals surface area contributed by atoms with Crippen molar-refractivity contribution in [3.63, 3.8) is 0 Å². The Balaban J connectivity index is 1.44. The molecule has 180 valence electrons. The van der Waals surface area contributed by atoms with E-state index >= 15 is 0 Å². The summed E-state index contributed by atoms with van der Waals surface area (Å²) in [4.78, 5) is 36.1. The monoisotopic (exact) mass is 510 g/mol. The molecule has 4 aromatic rings. The lowest BCUT2D eigenvalue weighted by atomic mass is 9.93. The van der Waals surface area contributed by atoms with E-state index < -0.39 is 0 Å². The van der Waals surface area contributed by atoms with Gasteiger partial charge in [-0.05, 0) is 38.8 Å². The van der Waals surface area contributed by atoms with Gasteiger partial charge in [0.15, 0.2) is 15.6 Å². The number of pyridine rings is 2. The highest BCUT2D eigenvalue weighted by molar-refractivity contribution is 7.21. The molecular formula is C24H23ClN6O3S. The minimum absolute atomic E-state index is 0.203. The summed E-state index contributed by atoms with van der Waals surface area (Å²) in [5.74, 6) is 0.441. The molecule has 1 saturated heterocycles. The van der Waals surface area contributed by atoms with Crippen molar-refractivity contribution in [1.29, 1.82) is 0 Å². The molecule has 0 radical (unpaired) electrons. The second-order valence-electron chi connectivity index (χ2n) is 8.38. The van der Waals surface area contributed by atoms with Gasteiger partial charge >= 0.3 is 0 Å². The van der Waals surface area contributed by atoms with Crippen LogP contribution < -0.4 is 10.1 Å². The van der Waals surface area contributed by atoms with Crippen molar-refractivity contribution in [2.24, 2.45) is 0 Å². The molecule has 1 amide bonds. The van der Waals surface area contributed by atoms with Crippen molar-refractivity contribution in [3.8, 4) is 16.9 Å². The summed E-state index contributed by atoms with van der Waals surface area (Å²) in [5, 5.41) is 3.58. The van der Waals surface area contributed by atoms with Crippen LogP contribution in [0.1, 0.15) is 47.4 Å². The highest BCUT2D eigenvalue weighted by Crippen LogP contribution is 2.35. The van der Waals surface area contributed by atoms with E-state index in [2.05, 4.69) is 32.2 Å². The maximum absolute atomic E-state index is 13.3. The predicted octanol–water partition coefficient (Wildman–Crippen LogP) is 5.05. The fraction of sp³-hybridized carbons (Fsp3) is 0.333. The van der Waals surface area contributed by atoms with Crippen molar-refractivity contribution in [1.82, 2.24) is 24.9 Å². The van der Waals surface area contributed by atoms with Crippen LogP contribution in [0.4, 0.5) is 5.13 Å². The summed E-state index contributed by atoms with van der Waals surface area (Å²) in [7, 11) is 1.54. The first-order chi connectivity index (χ1) is 16.9. The highest BCUT2D eigenvalue weighted by atomic mass is 35.5. The number of hydrogen-bond donors (Lipinski definition) is 1. The Morgan fingerprint density at radius 2 is 2.03 bits per heavy atom. The molecule has 1 fully saturated rings. The molecule has 0 bridgehead atoms. The fourth-order valence-electron chi connectivity index (χ4n) is 4.17. The van der Waals surface area contributed by atoms with Gasteiger partial charge in [-0.3, -0.25) is 15.1 Å². The Morgan fingerprint density at radius 3 is 2.83 bits per heavy atom. The predicted molar refractivity (Wildman–Crippen MR) is 134 cm³/mol. The topological polar surface area (TPSA) is 112 Å². The van der Waals surface area contributed by atoms with Crippen LogP contribution >= 0.6 is 22.9 Å². The van der Waals surface area contributed by atoms with Crippen molar-refractivity contribution in [2.45, 2.75) is 38.7 Å². The number of hydrogen-bond acceptors (Lipinski definition) is 9. The lowest BCUT2D eigenvalue weighted by Gasteiger charge is -2.26. The minimum Gasteiger partial charge on any atom is -0.494 e. The van der Waals surface area contributed by atoms with E-state index in [1.54, 1.807) is 19.4 Å². The molecule has 2 atom stereocenters. The number of ether oxygens (including phenoxy) is 2. The van der Waals surface area contributed by atoms with Gasteiger partial charge in [-0.2, -0.15) is 4.98 Å². The van der Waals surface area contributed by atoms with Crippen LogP contribution in [-0.2, 0) is 4.74 Å². The molecule has 1 unspecified atom stereocenters. The first-order valence-electron chi connectivity index (χ1n) is 11.1. The SMILES string of the molecule is COc1cnc(Cl)cc1-c1cc(C)ncc1C(=O)Nc1nc2ncc(C3CCO[C@H](C)C3)nc2s1.